The van der Waals surface area contributed by atoms with E-state index in [-0.39, 0.29) is 0 Å². The van der Waals surface area contributed by atoms with E-state index in [1.807, 2.05) is 31.1 Å². The van der Waals surface area contributed by atoms with Crippen LogP contribution in [-0.4, -0.2) is 20.6 Å². The standard InChI is InChI=1S/C18H23ClN2/c1-14(15-8-5-4-6-9-15)12-13-20-17-11-7-10-16(19)18(17)21(2)3/h4-11,14,20H,12-13H2,1-3H3. The summed E-state index contributed by atoms with van der Waals surface area (Å²) >= 11 is 6.28. The zero-order valence-corrected chi connectivity index (χ0v) is 13.7. The Labute approximate surface area is 132 Å². The summed E-state index contributed by atoms with van der Waals surface area (Å²) in [6.45, 7) is 3.19. The largest absolute Gasteiger partial charge is 0.383 e. The van der Waals surface area contributed by atoms with Crippen LogP contribution < -0.4 is 10.2 Å². The Bertz CT molecular complexity index is 567. The van der Waals surface area contributed by atoms with Crippen LogP contribution in [0.3, 0.4) is 0 Å². The predicted octanol–water partition coefficient (Wildman–Crippen LogP) is 5.01. The molecule has 0 aliphatic carbocycles. The first-order valence-corrected chi connectivity index (χ1v) is 7.72. The first kappa shape index (κ1) is 15.7. The molecule has 0 spiro atoms. The van der Waals surface area contributed by atoms with Crippen molar-refractivity contribution < 1.29 is 0 Å². The fraction of sp³-hybridized carbons (Fsp3) is 0.333. The lowest BCUT2D eigenvalue weighted by Gasteiger charge is -2.20. The maximum absolute atomic E-state index is 6.28. The number of rotatable bonds is 6. The molecule has 2 nitrogen and oxygen atoms in total. The summed E-state index contributed by atoms with van der Waals surface area (Å²) < 4.78 is 0. The normalized spacial score (nSPS) is 12.0. The van der Waals surface area contributed by atoms with Crippen molar-refractivity contribution in [2.45, 2.75) is 19.3 Å². The fourth-order valence-corrected chi connectivity index (χ4v) is 2.83. The van der Waals surface area contributed by atoms with E-state index in [2.05, 4.69) is 48.6 Å². The van der Waals surface area contributed by atoms with E-state index >= 15 is 0 Å². The van der Waals surface area contributed by atoms with Gasteiger partial charge in [-0.3, -0.25) is 0 Å². The van der Waals surface area contributed by atoms with Crippen LogP contribution >= 0.6 is 11.6 Å². The van der Waals surface area contributed by atoms with E-state index in [1.54, 1.807) is 0 Å². The van der Waals surface area contributed by atoms with Gasteiger partial charge in [-0.2, -0.15) is 0 Å². The highest BCUT2D eigenvalue weighted by Crippen LogP contribution is 2.32. The number of benzene rings is 2. The zero-order chi connectivity index (χ0) is 15.2. The Morgan fingerprint density at radius 2 is 1.76 bits per heavy atom. The van der Waals surface area contributed by atoms with Gasteiger partial charge in [0.25, 0.3) is 0 Å². The summed E-state index contributed by atoms with van der Waals surface area (Å²) in [4.78, 5) is 2.05. The molecular weight excluding hydrogens is 280 g/mol. The molecule has 1 atom stereocenters. The van der Waals surface area contributed by atoms with Crippen LogP contribution in [0.15, 0.2) is 48.5 Å². The van der Waals surface area contributed by atoms with Gasteiger partial charge in [0.15, 0.2) is 0 Å². The van der Waals surface area contributed by atoms with E-state index in [1.165, 1.54) is 5.56 Å². The lowest BCUT2D eigenvalue weighted by atomic mass is 9.98. The molecule has 112 valence electrons. The van der Waals surface area contributed by atoms with Crippen molar-refractivity contribution in [1.29, 1.82) is 0 Å². The molecule has 3 heteroatoms. The second-order valence-corrected chi connectivity index (χ2v) is 5.96. The lowest BCUT2D eigenvalue weighted by Crippen LogP contribution is -2.14. The zero-order valence-electron chi connectivity index (χ0n) is 12.9. The van der Waals surface area contributed by atoms with Gasteiger partial charge in [-0.25, -0.2) is 0 Å². The van der Waals surface area contributed by atoms with Gasteiger partial charge in [-0.05, 0) is 30.0 Å². The second-order valence-electron chi connectivity index (χ2n) is 5.56. The molecule has 0 saturated heterocycles. The SMILES string of the molecule is CC(CCNc1cccc(Cl)c1N(C)C)c1ccccc1. The summed E-state index contributed by atoms with van der Waals surface area (Å²) in [7, 11) is 4.03. The van der Waals surface area contributed by atoms with Crippen LogP contribution in [0, 0.1) is 0 Å². The molecule has 2 aromatic rings. The highest BCUT2D eigenvalue weighted by atomic mass is 35.5. The monoisotopic (exact) mass is 302 g/mol. The minimum Gasteiger partial charge on any atom is -0.383 e. The van der Waals surface area contributed by atoms with Crippen molar-refractivity contribution in [3.8, 4) is 0 Å². The number of anilines is 2. The van der Waals surface area contributed by atoms with Crippen molar-refractivity contribution in [2.75, 3.05) is 30.9 Å². The Balaban J connectivity index is 1.97. The smallest absolute Gasteiger partial charge is 0.0786 e. The van der Waals surface area contributed by atoms with Crippen molar-refractivity contribution in [1.82, 2.24) is 0 Å². The minimum atomic E-state index is 0.542. The topological polar surface area (TPSA) is 15.3 Å². The van der Waals surface area contributed by atoms with E-state index in [9.17, 15) is 0 Å². The van der Waals surface area contributed by atoms with Gasteiger partial charge in [0.1, 0.15) is 0 Å². The Morgan fingerprint density at radius 3 is 2.43 bits per heavy atom. The van der Waals surface area contributed by atoms with Gasteiger partial charge < -0.3 is 10.2 Å². The van der Waals surface area contributed by atoms with Gasteiger partial charge in [0.2, 0.25) is 0 Å². The van der Waals surface area contributed by atoms with Crippen molar-refractivity contribution in [3.63, 3.8) is 0 Å². The van der Waals surface area contributed by atoms with E-state index in [4.69, 9.17) is 11.6 Å². The molecule has 21 heavy (non-hydrogen) atoms. The molecule has 1 unspecified atom stereocenters. The van der Waals surface area contributed by atoms with Crippen LogP contribution in [-0.2, 0) is 0 Å². The van der Waals surface area contributed by atoms with E-state index in [0.717, 1.165) is 29.4 Å². The molecular formula is C18H23ClN2. The van der Waals surface area contributed by atoms with E-state index in [0.29, 0.717) is 5.92 Å². The third-order valence-corrected chi connectivity index (χ3v) is 4.00. The molecule has 0 fully saturated rings. The van der Waals surface area contributed by atoms with Gasteiger partial charge in [0.05, 0.1) is 16.4 Å². The number of nitrogens with one attached hydrogen (secondary N) is 1. The highest BCUT2D eigenvalue weighted by Gasteiger charge is 2.09. The first-order chi connectivity index (χ1) is 10.1. The lowest BCUT2D eigenvalue weighted by molar-refractivity contribution is 0.706. The highest BCUT2D eigenvalue weighted by molar-refractivity contribution is 6.34. The van der Waals surface area contributed by atoms with E-state index < -0.39 is 0 Å². The average Bonchev–Trinajstić information content (AvgIpc) is 2.47. The maximum atomic E-state index is 6.28. The van der Waals surface area contributed by atoms with Gasteiger partial charge in [-0.15, -0.1) is 0 Å². The number of hydrogen-bond donors (Lipinski definition) is 1. The molecule has 1 N–H and O–H groups in total. The van der Waals surface area contributed by atoms with Crippen molar-refractivity contribution in [3.05, 3.63) is 59.1 Å². The summed E-state index contributed by atoms with van der Waals surface area (Å²) in [5.41, 5.74) is 3.53. The van der Waals surface area contributed by atoms with Gasteiger partial charge in [0, 0.05) is 20.6 Å². The predicted molar refractivity (Wildman–Crippen MR) is 93.7 cm³/mol. The maximum Gasteiger partial charge on any atom is 0.0786 e. The van der Waals surface area contributed by atoms with Gasteiger partial charge in [-0.1, -0.05) is 54.9 Å². The summed E-state index contributed by atoms with van der Waals surface area (Å²) in [5, 5.41) is 4.29. The molecule has 2 aromatic carbocycles. The van der Waals surface area contributed by atoms with Crippen LogP contribution in [0.25, 0.3) is 0 Å². The number of halogens is 1. The summed E-state index contributed by atoms with van der Waals surface area (Å²) in [5.74, 6) is 0.542. The molecule has 0 aliphatic rings. The molecule has 2 rings (SSSR count). The van der Waals surface area contributed by atoms with Crippen LogP contribution in [0.1, 0.15) is 24.8 Å². The van der Waals surface area contributed by atoms with Gasteiger partial charge >= 0.3 is 0 Å². The third kappa shape index (κ3) is 4.15. The Hall–Kier alpha value is -1.67. The quantitative estimate of drug-likeness (QED) is 0.806. The van der Waals surface area contributed by atoms with Crippen LogP contribution in [0.2, 0.25) is 5.02 Å². The first-order valence-electron chi connectivity index (χ1n) is 7.34. The van der Waals surface area contributed by atoms with Crippen LogP contribution in [0.4, 0.5) is 11.4 Å². The second kappa shape index (κ2) is 7.37. The number of nitrogens with zero attached hydrogens (tertiary/aromatic N) is 1. The molecule has 0 bridgehead atoms. The molecule has 0 saturated carbocycles. The molecule has 0 amide bonds. The third-order valence-electron chi connectivity index (χ3n) is 3.70. The molecule has 0 aliphatic heterocycles. The fourth-order valence-electron chi connectivity index (χ4n) is 2.48. The minimum absolute atomic E-state index is 0.542. The van der Waals surface area contributed by atoms with Crippen LogP contribution in [0.5, 0.6) is 0 Å². The Kier molecular flexibility index (Phi) is 5.51. The number of hydrogen-bond acceptors (Lipinski definition) is 2. The molecule has 0 heterocycles. The average molecular weight is 303 g/mol. The Morgan fingerprint density at radius 1 is 1.05 bits per heavy atom. The van der Waals surface area contributed by atoms with Crippen molar-refractivity contribution >= 4 is 23.0 Å². The van der Waals surface area contributed by atoms with Crippen molar-refractivity contribution in [2.24, 2.45) is 0 Å². The number of para-hydroxylation sites is 1. The molecule has 0 radical (unpaired) electrons. The summed E-state index contributed by atoms with van der Waals surface area (Å²) in [6, 6.07) is 16.6. The molecule has 0 aromatic heterocycles. The summed E-state index contributed by atoms with van der Waals surface area (Å²) in [6.07, 6.45) is 1.09.